The van der Waals surface area contributed by atoms with Gasteiger partial charge in [-0.25, -0.2) is 0 Å². The van der Waals surface area contributed by atoms with E-state index >= 15 is 0 Å². The maximum atomic E-state index is 11.7. The second-order valence-corrected chi connectivity index (χ2v) is 5.16. The fourth-order valence-electron chi connectivity index (χ4n) is 2.34. The van der Waals surface area contributed by atoms with Gasteiger partial charge in [0.15, 0.2) is 0 Å². The van der Waals surface area contributed by atoms with Crippen LogP contribution in [0.25, 0.3) is 0 Å². The van der Waals surface area contributed by atoms with Crippen LogP contribution in [0.15, 0.2) is 0 Å². The highest BCUT2D eigenvalue weighted by atomic mass is 16.3. The number of aliphatic hydroxyl groups is 2. The average Bonchev–Trinajstić information content (AvgIpc) is 3.10. The molecule has 2 rings (SSSR count). The zero-order valence-electron chi connectivity index (χ0n) is 9.56. The Hall–Kier alpha value is -0.610. The number of amides is 1. The topological polar surface area (TPSA) is 69.6 Å². The van der Waals surface area contributed by atoms with E-state index in [4.69, 9.17) is 0 Å². The van der Waals surface area contributed by atoms with E-state index in [9.17, 15) is 15.0 Å². The summed E-state index contributed by atoms with van der Waals surface area (Å²) in [5.74, 6) is 0.495. The highest BCUT2D eigenvalue weighted by molar-refractivity contribution is 5.78. The normalized spacial score (nSPS) is 32.1. The van der Waals surface area contributed by atoms with Gasteiger partial charge in [-0.15, -0.1) is 0 Å². The highest BCUT2D eigenvalue weighted by Crippen LogP contribution is 2.32. The van der Waals surface area contributed by atoms with Crippen LogP contribution in [0.1, 0.15) is 38.5 Å². The number of carbonyl (C=O) groups excluding carboxylic acids is 1. The summed E-state index contributed by atoms with van der Waals surface area (Å²) in [7, 11) is 0. The van der Waals surface area contributed by atoms with E-state index in [2.05, 4.69) is 5.32 Å². The molecule has 0 radical (unpaired) electrons. The summed E-state index contributed by atoms with van der Waals surface area (Å²) < 4.78 is 0. The van der Waals surface area contributed by atoms with Crippen molar-refractivity contribution in [1.82, 2.24) is 5.32 Å². The third kappa shape index (κ3) is 3.19. The molecule has 0 aromatic heterocycles. The summed E-state index contributed by atoms with van der Waals surface area (Å²) in [4.78, 5) is 11.7. The van der Waals surface area contributed by atoms with E-state index in [1.54, 1.807) is 0 Å². The summed E-state index contributed by atoms with van der Waals surface area (Å²) >= 11 is 0. The van der Waals surface area contributed by atoms with Gasteiger partial charge in [0.05, 0.1) is 12.2 Å². The quantitative estimate of drug-likeness (QED) is 0.652. The Balaban J connectivity index is 1.66. The number of hydrogen-bond acceptors (Lipinski definition) is 3. The predicted octanol–water partition coefficient (Wildman–Crippen LogP) is 0.425. The van der Waals surface area contributed by atoms with Crippen molar-refractivity contribution < 1.29 is 15.0 Å². The van der Waals surface area contributed by atoms with Gasteiger partial charge in [0.25, 0.3) is 0 Å². The van der Waals surface area contributed by atoms with Gasteiger partial charge in [-0.05, 0) is 44.4 Å². The molecule has 0 aromatic carbocycles. The maximum absolute atomic E-state index is 11.7. The Bertz CT molecular complexity index is 245. The summed E-state index contributed by atoms with van der Waals surface area (Å²) in [6.45, 7) is 0.391. The maximum Gasteiger partial charge on any atom is 0.223 e. The second-order valence-electron chi connectivity index (χ2n) is 5.16. The van der Waals surface area contributed by atoms with Gasteiger partial charge >= 0.3 is 0 Å². The molecule has 2 fully saturated rings. The van der Waals surface area contributed by atoms with Gasteiger partial charge in [-0.2, -0.15) is 0 Å². The Labute approximate surface area is 96.0 Å². The Morgan fingerprint density at radius 1 is 1.19 bits per heavy atom. The van der Waals surface area contributed by atoms with E-state index in [0.29, 0.717) is 12.5 Å². The third-order valence-electron chi connectivity index (χ3n) is 3.72. The largest absolute Gasteiger partial charge is 0.393 e. The van der Waals surface area contributed by atoms with Crippen molar-refractivity contribution in [3.05, 3.63) is 0 Å². The predicted molar refractivity (Wildman–Crippen MR) is 59.7 cm³/mol. The van der Waals surface area contributed by atoms with Crippen molar-refractivity contribution in [2.45, 2.75) is 50.7 Å². The molecule has 2 aliphatic carbocycles. The van der Waals surface area contributed by atoms with E-state index in [1.807, 2.05) is 0 Å². The van der Waals surface area contributed by atoms with E-state index < -0.39 is 0 Å². The van der Waals surface area contributed by atoms with Gasteiger partial charge < -0.3 is 15.5 Å². The zero-order chi connectivity index (χ0) is 11.5. The van der Waals surface area contributed by atoms with Crippen molar-refractivity contribution in [2.75, 3.05) is 6.54 Å². The molecule has 3 N–H and O–H groups in total. The van der Waals surface area contributed by atoms with Crippen molar-refractivity contribution in [1.29, 1.82) is 0 Å². The molecule has 2 aliphatic rings. The SMILES string of the molecule is O=C(NCC(O)C1CC1)C1CCC(O)CC1. The minimum atomic E-state index is -0.363. The Morgan fingerprint density at radius 3 is 2.38 bits per heavy atom. The van der Waals surface area contributed by atoms with Crippen LogP contribution in [0.3, 0.4) is 0 Å². The molecule has 1 amide bonds. The van der Waals surface area contributed by atoms with Gasteiger partial charge in [-0.1, -0.05) is 0 Å². The fraction of sp³-hybridized carbons (Fsp3) is 0.917. The van der Waals surface area contributed by atoms with Crippen LogP contribution in [0, 0.1) is 11.8 Å². The highest BCUT2D eigenvalue weighted by Gasteiger charge is 2.31. The molecule has 4 nitrogen and oxygen atoms in total. The minimum absolute atomic E-state index is 0.0369. The van der Waals surface area contributed by atoms with Crippen LogP contribution in [-0.2, 0) is 4.79 Å². The third-order valence-corrected chi connectivity index (χ3v) is 3.72. The first-order valence-corrected chi connectivity index (χ1v) is 6.30. The van der Waals surface area contributed by atoms with E-state index in [1.165, 1.54) is 0 Å². The van der Waals surface area contributed by atoms with E-state index in [-0.39, 0.29) is 24.0 Å². The number of nitrogens with one attached hydrogen (secondary N) is 1. The van der Waals surface area contributed by atoms with Gasteiger partial charge in [0.1, 0.15) is 0 Å². The molecule has 0 spiro atoms. The molecule has 0 bridgehead atoms. The molecule has 2 saturated carbocycles. The number of rotatable bonds is 4. The lowest BCUT2D eigenvalue weighted by Gasteiger charge is -2.24. The van der Waals surface area contributed by atoms with E-state index in [0.717, 1.165) is 38.5 Å². The molecule has 1 atom stereocenters. The zero-order valence-corrected chi connectivity index (χ0v) is 9.56. The lowest BCUT2D eigenvalue weighted by atomic mass is 9.87. The van der Waals surface area contributed by atoms with Crippen LogP contribution in [0.2, 0.25) is 0 Å². The lowest BCUT2D eigenvalue weighted by molar-refractivity contribution is -0.127. The molecular formula is C12H21NO3. The lowest BCUT2D eigenvalue weighted by Crippen LogP contribution is -2.38. The van der Waals surface area contributed by atoms with Crippen LogP contribution in [-0.4, -0.2) is 34.9 Å². The molecule has 0 heterocycles. The van der Waals surface area contributed by atoms with Crippen LogP contribution in [0.4, 0.5) is 0 Å². The fourth-order valence-corrected chi connectivity index (χ4v) is 2.34. The van der Waals surface area contributed by atoms with Gasteiger partial charge in [0, 0.05) is 12.5 Å². The number of aliphatic hydroxyl groups excluding tert-OH is 2. The molecule has 0 saturated heterocycles. The first-order valence-electron chi connectivity index (χ1n) is 6.30. The van der Waals surface area contributed by atoms with Crippen LogP contribution in [0.5, 0.6) is 0 Å². The standard InChI is InChI=1S/C12H21NO3/c14-10-5-3-9(4-6-10)12(16)13-7-11(15)8-1-2-8/h8-11,14-15H,1-7H2,(H,13,16). The van der Waals surface area contributed by atoms with Crippen molar-refractivity contribution >= 4 is 5.91 Å². The molecule has 16 heavy (non-hydrogen) atoms. The molecule has 0 aromatic rings. The Morgan fingerprint density at radius 2 is 1.81 bits per heavy atom. The monoisotopic (exact) mass is 227 g/mol. The van der Waals surface area contributed by atoms with Crippen molar-refractivity contribution in [3.8, 4) is 0 Å². The summed E-state index contributed by atoms with van der Waals surface area (Å²) in [5.41, 5.74) is 0. The molecule has 1 unspecified atom stereocenters. The van der Waals surface area contributed by atoms with Crippen molar-refractivity contribution in [3.63, 3.8) is 0 Å². The molecule has 0 aliphatic heterocycles. The molecule has 92 valence electrons. The number of hydrogen-bond donors (Lipinski definition) is 3. The van der Waals surface area contributed by atoms with Gasteiger partial charge in [0.2, 0.25) is 5.91 Å². The first-order chi connectivity index (χ1) is 7.66. The summed E-state index contributed by atoms with van der Waals surface area (Å²) in [6.07, 6.45) is 4.59. The second kappa shape index (κ2) is 5.15. The van der Waals surface area contributed by atoms with Gasteiger partial charge in [-0.3, -0.25) is 4.79 Å². The smallest absolute Gasteiger partial charge is 0.223 e. The first kappa shape index (κ1) is 11.9. The average molecular weight is 227 g/mol. The Kier molecular flexibility index (Phi) is 3.82. The minimum Gasteiger partial charge on any atom is -0.393 e. The van der Waals surface area contributed by atoms with Crippen molar-refractivity contribution in [2.24, 2.45) is 11.8 Å². The summed E-state index contributed by atoms with van der Waals surface area (Å²) in [5, 5.41) is 21.8. The van der Waals surface area contributed by atoms with Crippen LogP contribution >= 0.6 is 0 Å². The molecule has 4 heteroatoms. The number of carbonyl (C=O) groups is 1. The van der Waals surface area contributed by atoms with Crippen LogP contribution < -0.4 is 5.32 Å². The summed E-state index contributed by atoms with van der Waals surface area (Å²) in [6, 6.07) is 0. The molecular weight excluding hydrogens is 206 g/mol.